The molecule has 0 atom stereocenters. The minimum atomic E-state index is 0.486. The van der Waals surface area contributed by atoms with E-state index in [1.54, 1.807) is 11.8 Å². The van der Waals surface area contributed by atoms with Crippen LogP contribution >= 0.6 is 0 Å². The maximum absolute atomic E-state index is 5.49. The molecule has 0 aliphatic heterocycles. The molecule has 122 valence electrons. The fourth-order valence-electron chi connectivity index (χ4n) is 1.68. The lowest BCUT2D eigenvalue weighted by molar-refractivity contribution is 0.0448. The third kappa shape index (κ3) is 9.52. The van der Waals surface area contributed by atoms with E-state index in [1.165, 1.54) is 0 Å². The van der Waals surface area contributed by atoms with Crippen molar-refractivity contribution in [2.24, 2.45) is 5.92 Å². The second kappa shape index (κ2) is 11.6. The number of nitrogens with zero attached hydrogens (tertiary/aromatic N) is 3. The molecule has 0 saturated carbocycles. The van der Waals surface area contributed by atoms with Crippen LogP contribution in [0.5, 0.6) is 0 Å². The van der Waals surface area contributed by atoms with Crippen LogP contribution in [0.3, 0.4) is 0 Å². The van der Waals surface area contributed by atoms with E-state index >= 15 is 0 Å². The van der Waals surface area contributed by atoms with Crippen molar-refractivity contribution in [2.75, 3.05) is 46.6 Å². The first-order chi connectivity index (χ1) is 10.2. The van der Waals surface area contributed by atoms with E-state index in [4.69, 9.17) is 14.2 Å². The third-order valence-corrected chi connectivity index (χ3v) is 2.69. The third-order valence-electron chi connectivity index (χ3n) is 2.69. The van der Waals surface area contributed by atoms with Crippen LogP contribution in [-0.4, -0.2) is 61.6 Å². The molecule has 0 unspecified atom stereocenters. The van der Waals surface area contributed by atoms with Crippen LogP contribution in [0.15, 0.2) is 6.20 Å². The zero-order valence-electron chi connectivity index (χ0n) is 13.4. The van der Waals surface area contributed by atoms with E-state index in [1.807, 2.05) is 6.20 Å². The Morgan fingerprint density at radius 3 is 2.67 bits per heavy atom. The predicted molar refractivity (Wildman–Crippen MR) is 80.1 cm³/mol. The maximum Gasteiger partial charge on any atom is 0.108 e. The minimum Gasteiger partial charge on any atom is -0.378 e. The predicted octanol–water partition coefficient (Wildman–Crippen LogP) is 0.703. The molecule has 21 heavy (non-hydrogen) atoms. The molecule has 0 radical (unpaired) electrons. The number of methoxy groups -OCH3 is 1. The Morgan fingerprint density at radius 2 is 1.95 bits per heavy atom. The van der Waals surface area contributed by atoms with Gasteiger partial charge in [-0.25, -0.2) is 4.68 Å². The fourth-order valence-corrected chi connectivity index (χ4v) is 1.68. The van der Waals surface area contributed by atoms with Gasteiger partial charge in [-0.15, -0.1) is 5.10 Å². The molecule has 0 saturated heterocycles. The zero-order valence-corrected chi connectivity index (χ0v) is 13.4. The number of ether oxygens (including phenoxy) is 3. The van der Waals surface area contributed by atoms with Gasteiger partial charge in [-0.05, 0) is 12.5 Å². The highest BCUT2D eigenvalue weighted by atomic mass is 16.5. The van der Waals surface area contributed by atoms with Crippen molar-refractivity contribution in [3.8, 4) is 0 Å². The van der Waals surface area contributed by atoms with E-state index in [0.29, 0.717) is 38.9 Å². The van der Waals surface area contributed by atoms with Gasteiger partial charge in [-0.3, -0.25) is 0 Å². The van der Waals surface area contributed by atoms with Crippen molar-refractivity contribution in [3.63, 3.8) is 0 Å². The molecule has 7 heteroatoms. The van der Waals surface area contributed by atoms with Gasteiger partial charge in [0.2, 0.25) is 0 Å². The van der Waals surface area contributed by atoms with Crippen LogP contribution in [-0.2, 0) is 27.4 Å². The Balaban J connectivity index is 1.88. The first-order valence-electron chi connectivity index (χ1n) is 7.46. The van der Waals surface area contributed by atoms with Gasteiger partial charge < -0.3 is 19.5 Å². The van der Waals surface area contributed by atoms with E-state index in [9.17, 15) is 0 Å². The highest BCUT2D eigenvalue weighted by Gasteiger charge is 1.99. The Morgan fingerprint density at radius 1 is 1.19 bits per heavy atom. The van der Waals surface area contributed by atoms with Crippen LogP contribution in [0.25, 0.3) is 0 Å². The first-order valence-corrected chi connectivity index (χ1v) is 7.46. The molecule has 1 rings (SSSR count). The van der Waals surface area contributed by atoms with Gasteiger partial charge in [-0.1, -0.05) is 19.1 Å². The molecule has 0 aromatic carbocycles. The summed E-state index contributed by atoms with van der Waals surface area (Å²) in [6, 6.07) is 0. The quantitative estimate of drug-likeness (QED) is 0.541. The molecule has 1 N–H and O–H groups in total. The van der Waals surface area contributed by atoms with Crippen molar-refractivity contribution < 1.29 is 14.2 Å². The molecule has 1 aromatic heterocycles. The molecule has 0 aliphatic carbocycles. The molecule has 0 bridgehead atoms. The number of aromatic nitrogens is 3. The van der Waals surface area contributed by atoms with Crippen LogP contribution in [0.4, 0.5) is 0 Å². The molecule has 0 spiro atoms. The van der Waals surface area contributed by atoms with Crippen molar-refractivity contribution in [1.82, 2.24) is 20.3 Å². The topological polar surface area (TPSA) is 70.4 Å². The molecule has 1 heterocycles. The minimum absolute atomic E-state index is 0.486. The van der Waals surface area contributed by atoms with Crippen molar-refractivity contribution in [2.45, 2.75) is 27.0 Å². The second-order valence-electron chi connectivity index (χ2n) is 5.23. The van der Waals surface area contributed by atoms with Crippen molar-refractivity contribution in [1.29, 1.82) is 0 Å². The van der Waals surface area contributed by atoms with E-state index in [0.717, 1.165) is 25.4 Å². The Hall–Kier alpha value is -1.02. The summed E-state index contributed by atoms with van der Waals surface area (Å²) < 4.78 is 17.7. The molecule has 0 amide bonds. The molecule has 1 aromatic rings. The van der Waals surface area contributed by atoms with Gasteiger partial charge in [0.1, 0.15) is 5.69 Å². The first kappa shape index (κ1) is 18.0. The van der Waals surface area contributed by atoms with Gasteiger partial charge >= 0.3 is 0 Å². The molecule has 0 fully saturated rings. The number of hydrogen-bond acceptors (Lipinski definition) is 6. The average Bonchev–Trinajstić information content (AvgIpc) is 2.88. The summed E-state index contributed by atoms with van der Waals surface area (Å²) in [4.78, 5) is 0. The highest BCUT2D eigenvalue weighted by Crippen LogP contribution is 1.94. The fraction of sp³-hybridized carbons (Fsp3) is 0.857. The summed E-state index contributed by atoms with van der Waals surface area (Å²) in [6.45, 7) is 10.0. The lowest BCUT2D eigenvalue weighted by Gasteiger charge is -2.08. The van der Waals surface area contributed by atoms with E-state index in [2.05, 4.69) is 29.5 Å². The summed E-state index contributed by atoms with van der Waals surface area (Å²) in [6.07, 6.45) is 1.86. The molecule has 0 aliphatic rings. The van der Waals surface area contributed by atoms with E-state index < -0.39 is 0 Å². The number of hydrogen-bond donors (Lipinski definition) is 1. The second-order valence-corrected chi connectivity index (χ2v) is 5.23. The maximum atomic E-state index is 5.49. The number of rotatable bonds is 13. The average molecular weight is 300 g/mol. The highest BCUT2D eigenvalue weighted by molar-refractivity contribution is 4.89. The van der Waals surface area contributed by atoms with Crippen molar-refractivity contribution >= 4 is 0 Å². The summed E-state index contributed by atoms with van der Waals surface area (Å²) in [7, 11) is 1.64. The Labute approximate surface area is 126 Å². The zero-order chi connectivity index (χ0) is 15.3. The largest absolute Gasteiger partial charge is 0.378 e. The molecular formula is C14H28N4O3. The van der Waals surface area contributed by atoms with Crippen LogP contribution in [0.2, 0.25) is 0 Å². The summed E-state index contributed by atoms with van der Waals surface area (Å²) in [5.41, 5.74) is 0.828. The molecule has 7 nitrogen and oxygen atoms in total. The summed E-state index contributed by atoms with van der Waals surface area (Å²) in [5.74, 6) is 0.675. The van der Waals surface area contributed by atoms with Crippen LogP contribution in [0, 0.1) is 5.92 Å². The van der Waals surface area contributed by atoms with Gasteiger partial charge in [0.25, 0.3) is 0 Å². The Kier molecular flexibility index (Phi) is 9.98. The van der Waals surface area contributed by atoms with Crippen molar-refractivity contribution in [3.05, 3.63) is 11.9 Å². The van der Waals surface area contributed by atoms with Gasteiger partial charge in [-0.2, -0.15) is 0 Å². The van der Waals surface area contributed by atoms with Crippen LogP contribution < -0.4 is 5.32 Å². The normalized spacial score (nSPS) is 11.4. The Bertz CT molecular complexity index is 358. The summed E-state index contributed by atoms with van der Waals surface area (Å²) >= 11 is 0. The molecular weight excluding hydrogens is 272 g/mol. The lowest BCUT2D eigenvalue weighted by Crippen LogP contribution is -2.24. The monoisotopic (exact) mass is 300 g/mol. The SMILES string of the molecule is COCc1cn(CCOCCOCCNCC(C)C)nn1. The van der Waals surface area contributed by atoms with Gasteiger partial charge in [0.05, 0.1) is 45.8 Å². The summed E-state index contributed by atoms with van der Waals surface area (Å²) in [5, 5.41) is 11.3. The standard InChI is InChI=1S/C14H28N4O3/c1-13(2)10-15-4-6-20-8-9-21-7-5-18-11-14(12-19-3)16-17-18/h11,13,15H,4-10,12H2,1-3H3. The van der Waals surface area contributed by atoms with Gasteiger partial charge in [0, 0.05) is 13.7 Å². The van der Waals surface area contributed by atoms with Crippen LogP contribution in [0.1, 0.15) is 19.5 Å². The number of nitrogens with one attached hydrogen (secondary N) is 1. The lowest BCUT2D eigenvalue weighted by atomic mass is 10.2. The van der Waals surface area contributed by atoms with E-state index in [-0.39, 0.29) is 0 Å². The van der Waals surface area contributed by atoms with Gasteiger partial charge in [0.15, 0.2) is 0 Å². The smallest absolute Gasteiger partial charge is 0.108 e.